The van der Waals surface area contributed by atoms with E-state index in [1.165, 1.54) is 12.8 Å². The summed E-state index contributed by atoms with van der Waals surface area (Å²) >= 11 is 0. The van der Waals surface area contributed by atoms with Gasteiger partial charge >= 0.3 is 0 Å². The number of hydrogen-bond donors (Lipinski definition) is 2. The maximum absolute atomic E-state index is 9.80. The van der Waals surface area contributed by atoms with E-state index in [9.17, 15) is 5.11 Å². The molecule has 0 fully saturated rings. The number of rotatable bonds is 9. The fourth-order valence-electron chi connectivity index (χ4n) is 1.71. The summed E-state index contributed by atoms with van der Waals surface area (Å²) < 4.78 is 0. The molecule has 2 unspecified atom stereocenters. The predicted octanol–water partition coefficient (Wildman–Crippen LogP) is 2.73. The molecule has 0 amide bonds. The Kier molecular flexibility index (Phi) is 9.42. The molecule has 2 nitrogen and oxygen atoms in total. The molecule has 0 bridgehead atoms. The first kappa shape index (κ1) is 13.9. The van der Waals surface area contributed by atoms with Gasteiger partial charge in [0, 0.05) is 12.5 Å². The van der Waals surface area contributed by atoms with Gasteiger partial charge in [-0.25, -0.2) is 0 Å². The molecular formula is C12H26O2. The van der Waals surface area contributed by atoms with E-state index in [0.717, 1.165) is 32.1 Å². The molecule has 0 heterocycles. The highest BCUT2D eigenvalue weighted by Gasteiger charge is 2.16. The Hall–Kier alpha value is -0.0800. The largest absolute Gasteiger partial charge is 0.396 e. The van der Waals surface area contributed by atoms with Crippen LogP contribution in [0.2, 0.25) is 0 Å². The van der Waals surface area contributed by atoms with Crippen LogP contribution < -0.4 is 0 Å². The number of aliphatic hydroxyl groups is 2. The Bertz CT molecular complexity index is 115. The smallest absolute Gasteiger partial charge is 0.0590 e. The highest BCUT2D eigenvalue weighted by atomic mass is 16.3. The number of hydrogen-bond acceptors (Lipinski definition) is 2. The van der Waals surface area contributed by atoms with Crippen molar-refractivity contribution in [3.63, 3.8) is 0 Å². The predicted molar refractivity (Wildman–Crippen MR) is 60.2 cm³/mol. The first-order valence-corrected chi connectivity index (χ1v) is 6.05. The van der Waals surface area contributed by atoms with Gasteiger partial charge < -0.3 is 10.2 Å². The van der Waals surface area contributed by atoms with E-state index in [4.69, 9.17) is 5.11 Å². The standard InChI is InChI=1S/C12H26O2/c1-3-5-7-9-12(14)11(10-13)8-6-4-2/h11-14H,3-10H2,1-2H3. The van der Waals surface area contributed by atoms with Crippen LogP contribution in [-0.2, 0) is 0 Å². The molecule has 0 aromatic rings. The second-order valence-electron chi connectivity index (χ2n) is 4.15. The Labute approximate surface area is 88.3 Å². The van der Waals surface area contributed by atoms with E-state index >= 15 is 0 Å². The van der Waals surface area contributed by atoms with Crippen molar-refractivity contribution in [1.82, 2.24) is 0 Å². The zero-order valence-corrected chi connectivity index (χ0v) is 9.71. The van der Waals surface area contributed by atoms with E-state index < -0.39 is 0 Å². The Morgan fingerprint density at radius 3 is 2.07 bits per heavy atom. The monoisotopic (exact) mass is 202 g/mol. The van der Waals surface area contributed by atoms with Crippen molar-refractivity contribution in [3.05, 3.63) is 0 Å². The summed E-state index contributed by atoms with van der Waals surface area (Å²) in [6, 6.07) is 0. The van der Waals surface area contributed by atoms with Gasteiger partial charge in [0.2, 0.25) is 0 Å². The summed E-state index contributed by atoms with van der Waals surface area (Å²) in [5, 5.41) is 18.9. The van der Waals surface area contributed by atoms with Crippen LogP contribution in [-0.4, -0.2) is 22.9 Å². The third-order valence-electron chi connectivity index (χ3n) is 2.81. The van der Waals surface area contributed by atoms with Gasteiger partial charge in [0.05, 0.1) is 6.10 Å². The molecule has 0 aliphatic rings. The molecule has 0 aliphatic heterocycles. The van der Waals surface area contributed by atoms with Crippen molar-refractivity contribution in [2.75, 3.05) is 6.61 Å². The Balaban J connectivity index is 3.61. The van der Waals surface area contributed by atoms with Crippen LogP contribution in [0, 0.1) is 5.92 Å². The molecule has 0 aromatic heterocycles. The average Bonchev–Trinajstić information content (AvgIpc) is 2.19. The Morgan fingerprint density at radius 2 is 1.57 bits per heavy atom. The van der Waals surface area contributed by atoms with Crippen molar-refractivity contribution >= 4 is 0 Å². The SMILES string of the molecule is CCCCCC(O)C(CO)CCCC. The van der Waals surface area contributed by atoms with E-state index in [-0.39, 0.29) is 18.6 Å². The van der Waals surface area contributed by atoms with Gasteiger partial charge in [-0.1, -0.05) is 46.0 Å². The van der Waals surface area contributed by atoms with Crippen LogP contribution in [0.15, 0.2) is 0 Å². The lowest BCUT2D eigenvalue weighted by molar-refractivity contribution is 0.0532. The molecular weight excluding hydrogens is 176 g/mol. The number of aliphatic hydroxyl groups excluding tert-OH is 2. The van der Waals surface area contributed by atoms with Crippen LogP contribution in [0.1, 0.15) is 58.8 Å². The minimum Gasteiger partial charge on any atom is -0.396 e. The molecule has 0 aliphatic carbocycles. The summed E-state index contributed by atoms with van der Waals surface area (Å²) in [5.74, 6) is 0.104. The molecule has 2 heteroatoms. The molecule has 0 aromatic carbocycles. The van der Waals surface area contributed by atoms with Crippen molar-refractivity contribution in [2.24, 2.45) is 5.92 Å². The molecule has 2 atom stereocenters. The molecule has 0 saturated heterocycles. The van der Waals surface area contributed by atoms with Gasteiger partial charge in [-0.3, -0.25) is 0 Å². The van der Waals surface area contributed by atoms with Crippen LogP contribution in [0.3, 0.4) is 0 Å². The normalized spacial score (nSPS) is 15.4. The van der Waals surface area contributed by atoms with Crippen LogP contribution >= 0.6 is 0 Å². The van der Waals surface area contributed by atoms with Crippen LogP contribution in [0.5, 0.6) is 0 Å². The minimum absolute atomic E-state index is 0.104. The van der Waals surface area contributed by atoms with Gasteiger partial charge in [-0.15, -0.1) is 0 Å². The first-order chi connectivity index (χ1) is 6.76. The summed E-state index contributed by atoms with van der Waals surface area (Å²) in [4.78, 5) is 0. The van der Waals surface area contributed by atoms with Crippen LogP contribution in [0.4, 0.5) is 0 Å². The summed E-state index contributed by atoms with van der Waals surface area (Å²) in [6.07, 6.45) is 7.21. The third kappa shape index (κ3) is 6.39. The van der Waals surface area contributed by atoms with Crippen molar-refractivity contribution in [1.29, 1.82) is 0 Å². The zero-order valence-electron chi connectivity index (χ0n) is 9.71. The molecule has 14 heavy (non-hydrogen) atoms. The molecule has 0 rings (SSSR count). The third-order valence-corrected chi connectivity index (χ3v) is 2.81. The van der Waals surface area contributed by atoms with E-state index in [1.807, 2.05) is 0 Å². The summed E-state index contributed by atoms with van der Waals surface area (Å²) in [6.45, 7) is 4.43. The molecule has 0 spiro atoms. The fraction of sp³-hybridized carbons (Fsp3) is 1.00. The quantitative estimate of drug-likeness (QED) is 0.564. The number of unbranched alkanes of at least 4 members (excludes halogenated alkanes) is 3. The van der Waals surface area contributed by atoms with Gasteiger partial charge in [0.25, 0.3) is 0 Å². The average molecular weight is 202 g/mol. The molecule has 2 N–H and O–H groups in total. The molecule has 0 saturated carbocycles. The van der Waals surface area contributed by atoms with Gasteiger partial charge in [-0.2, -0.15) is 0 Å². The Morgan fingerprint density at radius 1 is 0.929 bits per heavy atom. The van der Waals surface area contributed by atoms with E-state index in [1.54, 1.807) is 0 Å². The van der Waals surface area contributed by atoms with E-state index in [2.05, 4.69) is 13.8 Å². The van der Waals surface area contributed by atoms with Crippen molar-refractivity contribution in [3.8, 4) is 0 Å². The second kappa shape index (κ2) is 9.47. The van der Waals surface area contributed by atoms with E-state index in [0.29, 0.717) is 0 Å². The maximum Gasteiger partial charge on any atom is 0.0590 e. The topological polar surface area (TPSA) is 40.5 Å². The lowest BCUT2D eigenvalue weighted by Gasteiger charge is -2.20. The van der Waals surface area contributed by atoms with Gasteiger partial charge in [0.15, 0.2) is 0 Å². The highest BCUT2D eigenvalue weighted by molar-refractivity contribution is 4.68. The molecule has 86 valence electrons. The zero-order chi connectivity index (χ0) is 10.8. The van der Waals surface area contributed by atoms with Gasteiger partial charge in [0.1, 0.15) is 0 Å². The lowest BCUT2D eigenvalue weighted by atomic mass is 9.93. The fourth-order valence-corrected chi connectivity index (χ4v) is 1.71. The summed E-state index contributed by atoms with van der Waals surface area (Å²) in [5.41, 5.74) is 0. The minimum atomic E-state index is -0.293. The lowest BCUT2D eigenvalue weighted by Crippen LogP contribution is -2.23. The summed E-state index contributed by atoms with van der Waals surface area (Å²) in [7, 11) is 0. The van der Waals surface area contributed by atoms with Crippen molar-refractivity contribution in [2.45, 2.75) is 64.9 Å². The maximum atomic E-state index is 9.80. The molecule has 0 radical (unpaired) electrons. The van der Waals surface area contributed by atoms with Crippen molar-refractivity contribution < 1.29 is 10.2 Å². The highest BCUT2D eigenvalue weighted by Crippen LogP contribution is 2.17. The first-order valence-electron chi connectivity index (χ1n) is 6.05. The van der Waals surface area contributed by atoms with Crippen LogP contribution in [0.25, 0.3) is 0 Å². The van der Waals surface area contributed by atoms with Gasteiger partial charge in [-0.05, 0) is 12.8 Å². The second-order valence-corrected chi connectivity index (χ2v) is 4.15.